The van der Waals surface area contributed by atoms with Gasteiger partial charge in [0.15, 0.2) is 0 Å². The van der Waals surface area contributed by atoms with Crippen LogP contribution >= 0.6 is 11.3 Å². The van der Waals surface area contributed by atoms with E-state index in [1.165, 1.54) is 10.4 Å². The summed E-state index contributed by atoms with van der Waals surface area (Å²) in [5.41, 5.74) is 2.28. The predicted molar refractivity (Wildman–Crippen MR) is 125 cm³/mol. The number of rotatable bonds is 11. The SMILES string of the molecule is CCCCNC(=O)N(CC(=O)N(Cc1ccccc1)Cc1sccc1C)[C@H](C)CC. The van der Waals surface area contributed by atoms with Gasteiger partial charge in [-0.25, -0.2) is 4.79 Å². The van der Waals surface area contributed by atoms with Crippen molar-refractivity contribution in [2.24, 2.45) is 0 Å². The van der Waals surface area contributed by atoms with Gasteiger partial charge in [0.25, 0.3) is 0 Å². The van der Waals surface area contributed by atoms with Gasteiger partial charge < -0.3 is 15.1 Å². The third kappa shape index (κ3) is 7.17. The van der Waals surface area contributed by atoms with Crippen LogP contribution in [0.3, 0.4) is 0 Å². The highest BCUT2D eigenvalue weighted by Crippen LogP contribution is 2.20. The highest BCUT2D eigenvalue weighted by Gasteiger charge is 2.25. The molecule has 1 N–H and O–H groups in total. The summed E-state index contributed by atoms with van der Waals surface area (Å²) in [7, 11) is 0. The summed E-state index contributed by atoms with van der Waals surface area (Å²) in [6.45, 7) is 10.0. The van der Waals surface area contributed by atoms with Gasteiger partial charge in [-0.2, -0.15) is 0 Å². The molecular weight excluding hydrogens is 394 g/mol. The van der Waals surface area contributed by atoms with Gasteiger partial charge in [-0.3, -0.25) is 4.79 Å². The molecule has 30 heavy (non-hydrogen) atoms. The number of urea groups is 1. The summed E-state index contributed by atoms with van der Waals surface area (Å²) in [6, 6.07) is 11.9. The van der Waals surface area contributed by atoms with E-state index in [0.29, 0.717) is 19.6 Å². The van der Waals surface area contributed by atoms with Crippen molar-refractivity contribution in [1.29, 1.82) is 0 Å². The average Bonchev–Trinajstić information content (AvgIpc) is 3.16. The Bertz CT molecular complexity index is 791. The topological polar surface area (TPSA) is 52.7 Å². The molecule has 0 unspecified atom stereocenters. The highest BCUT2D eigenvalue weighted by atomic mass is 32.1. The van der Waals surface area contributed by atoms with Gasteiger partial charge in [0.1, 0.15) is 6.54 Å². The number of thiophene rings is 1. The van der Waals surface area contributed by atoms with Crippen molar-refractivity contribution in [1.82, 2.24) is 15.1 Å². The van der Waals surface area contributed by atoms with Crippen LogP contribution in [0, 0.1) is 6.92 Å². The number of amides is 3. The summed E-state index contributed by atoms with van der Waals surface area (Å²) in [4.78, 5) is 30.8. The lowest BCUT2D eigenvalue weighted by Crippen LogP contribution is -2.50. The fraction of sp³-hybridized carbons (Fsp3) is 0.500. The molecule has 0 spiro atoms. The van der Waals surface area contributed by atoms with E-state index in [1.54, 1.807) is 16.2 Å². The van der Waals surface area contributed by atoms with Crippen molar-refractivity contribution in [3.05, 3.63) is 57.8 Å². The van der Waals surface area contributed by atoms with E-state index in [0.717, 1.165) is 24.8 Å². The molecule has 0 saturated carbocycles. The first-order valence-electron chi connectivity index (χ1n) is 10.8. The van der Waals surface area contributed by atoms with Gasteiger partial charge >= 0.3 is 6.03 Å². The molecule has 6 heteroatoms. The minimum absolute atomic E-state index is 0.00220. The Balaban J connectivity index is 2.16. The molecule has 2 rings (SSSR count). The number of benzene rings is 1. The van der Waals surface area contributed by atoms with Crippen LogP contribution < -0.4 is 5.32 Å². The lowest BCUT2D eigenvalue weighted by Gasteiger charge is -2.31. The van der Waals surface area contributed by atoms with Crippen molar-refractivity contribution in [2.45, 2.75) is 66.1 Å². The number of carbonyl (C=O) groups is 2. The van der Waals surface area contributed by atoms with E-state index in [9.17, 15) is 9.59 Å². The van der Waals surface area contributed by atoms with Gasteiger partial charge in [-0.05, 0) is 49.3 Å². The molecule has 5 nitrogen and oxygen atoms in total. The monoisotopic (exact) mass is 429 g/mol. The molecule has 1 aromatic heterocycles. The molecule has 0 radical (unpaired) electrons. The van der Waals surface area contributed by atoms with Gasteiger partial charge in [0.2, 0.25) is 5.91 Å². The zero-order valence-corrected chi connectivity index (χ0v) is 19.5. The van der Waals surface area contributed by atoms with Crippen LogP contribution in [0.1, 0.15) is 56.0 Å². The third-order valence-corrected chi connectivity index (χ3v) is 6.38. The van der Waals surface area contributed by atoms with E-state index in [4.69, 9.17) is 0 Å². The molecule has 164 valence electrons. The molecule has 1 heterocycles. The smallest absolute Gasteiger partial charge is 0.318 e. The first-order chi connectivity index (χ1) is 14.5. The number of carbonyl (C=O) groups excluding carboxylic acids is 2. The second kappa shape index (κ2) is 12.4. The molecule has 3 amide bonds. The number of hydrogen-bond donors (Lipinski definition) is 1. The summed E-state index contributed by atoms with van der Waals surface area (Å²) in [5.74, 6) is -0.0300. The molecule has 0 bridgehead atoms. The van der Waals surface area contributed by atoms with Gasteiger partial charge in [-0.1, -0.05) is 50.6 Å². The molecule has 0 aliphatic heterocycles. The quantitative estimate of drug-likeness (QED) is 0.500. The molecule has 0 aliphatic carbocycles. The second-order valence-electron chi connectivity index (χ2n) is 7.73. The molecule has 1 aromatic carbocycles. The van der Waals surface area contributed by atoms with Crippen LogP contribution in [0.15, 0.2) is 41.8 Å². The fourth-order valence-electron chi connectivity index (χ4n) is 3.14. The minimum atomic E-state index is -0.155. The third-order valence-electron chi connectivity index (χ3n) is 5.37. The summed E-state index contributed by atoms with van der Waals surface area (Å²) >= 11 is 1.67. The number of aryl methyl sites for hydroxylation is 1. The van der Waals surface area contributed by atoms with Crippen LogP contribution in [0.25, 0.3) is 0 Å². The van der Waals surface area contributed by atoms with Crippen LogP contribution in [0.2, 0.25) is 0 Å². The Kier molecular flexibility index (Phi) is 9.87. The molecule has 2 aromatic rings. The average molecular weight is 430 g/mol. The molecule has 0 aliphatic rings. The molecular formula is C24H35N3O2S. The van der Waals surface area contributed by atoms with Crippen molar-refractivity contribution < 1.29 is 9.59 Å². The van der Waals surface area contributed by atoms with Crippen molar-refractivity contribution in [2.75, 3.05) is 13.1 Å². The number of nitrogens with zero attached hydrogens (tertiary/aromatic N) is 2. The van der Waals surface area contributed by atoms with Crippen LogP contribution in [0.4, 0.5) is 4.79 Å². The largest absolute Gasteiger partial charge is 0.338 e. The Morgan fingerprint density at radius 2 is 1.83 bits per heavy atom. The van der Waals surface area contributed by atoms with E-state index in [-0.39, 0.29) is 24.5 Å². The molecule has 0 saturated heterocycles. The fourth-order valence-corrected chi connectivity index (χ4v) is 4.06. The maximum atomic E-state index is 13.4. The highest BCUT2D eigenvalue weighted by molar-refractivity contribution is 7.10. The summed E-state index contributed by atoms with van der Waals surface area (Å²) < 4.78 is 0. The van der Waals surface area contributed by atoms with Crippen molar-refractivity contribution in [3.8, 4) is 0 Å². The summed E-state index contributed by atoms with van der Waals surface area (Å²) in [5, 5.41) is 5.02. The first-order valence-corrected chi connectivity index (χ1v) is 11.7. The van der Waals surface area contributed by atoms with Crippen LogP contribution in [0.5, 0.6) is 0 Å². The Labute approximate surface area is 185 Å². The Morgan fingerprint density at radius 1 is 1.10 bits per heavy atom. The maximum absolute atomic E-state index is 13.4. The van der Waals surface area contributed by atoms with Gasteiger partial charge in [-0.15, -0.1) is 11.3 Å². The second-order valence-corrected chi connectivity index (χ2v) is 8.73. The first kappa shape index (κ1) is 23.9. The molecule has 0 fully saturated rings. The Hall–Kier alpha value is -2.34. The standard InChI is InChI=1S/C24H35N3O2S/c1-5-7-14-25-24(29)27(20(4)6-2)18-23(28)26(16-21-11-9-8-10-12-21)17-22-19(3)13-15-30-22/h8-13,15,20H,5-7,14,16-18H2,1-4H3,(H,25,29)/t20-/m1/s1. The maximum Gasteiger partial charge on any atom is 0.318 e. The van der Waals surface area contributed by atoms with Crippen LogP contribution in [-0.2, 0) is 17.9 Å². The number of unbranched alkanes of at least 4 members (excludes halogenated alkanes) is 1. The summed E-state index contributed by atoms with van der Waals surface area (Å²) in [6.07, 6.45) is 2.76. The zero-order valence-electron chi connectivity index (χ0n) is 18.7. The number of hydrogen-bond acceptors (Lipinski definition) is 3. The van der Waals surface area contributed by atoms with E-state index < -0.39 is 0 Å². The van der Waals surface area contributed by atoms with E-state index in [1.807, 2.05) is 49.1 Å². The van der Waals surface area contributed by atoms with Crippen molar-refractivity contribution >= 4 is 23.3 Å². The molecule has 1 atom stereocenters. The number of nitrogens with one attached hydrogen (secondary N) is 1. The lowest BCUT2D eigenvalue weighted by molar-refractivity contribution is -0.133. The van der Waals surface area contributed by atoms with Gasteiger partial charge in [0, 0.05) is 24.0 Å². The van der Waals surface area contributed by atoms with Gasteiger partial charge in [0.05, 0.1) is 6.54 Å². The minimum Gasteiger partial charge on any atom is -0.338 e. The van der Waals surface area contributed by atoms with Crippen molar-refractivity contribution in [3.63, 3.8) is 0 Å². The van der Waals surface area contributed by atoms with Crippen LogP contribution in [-0.4, -0.2) is 40.9 Å². The normalized spacial score (nSPS) is 11.7. The Morgan fingerprint density at radius 3 is 2.43 bits per heavy atom. The zero-order chi connectivity index (χ0) is 21.9. The predicted octanol–water partition coefficient (Wildman–Crippen LogP) is 5.20. The van der Waals surface area contributed by atoms with E-state index >= 15 is 0 Å². The van der Waals surface area contributed by atoms with E-state index in [2.05, 4.69) is 30.6 Å². The lowest BCUT2D eigenvalue weighted by atomic mass is 10.2.